The first-order valence-corrected chi connectivity index (χ1v) is 6.42. The number of hydrogen-bond donors (Lipinski definition) is 2. The molecule has 1 unspecified atom stereocenters. The summed E-state index contributed by atoms with van der Waals surface area (Å²) < 4.78 is 41.9. The fourth-order valence-corrected chi connectivity index (χ4v) is 2.36. The van der Waals surface area contributed by atoms with Crippen molar-refractivity contribution >= 4 is 11.4 Å². The summed E-state index contributed by atoms with van der Waals surface area (Å²) >= 11 is 0. The van der Waals surface area contributed by atoms with Gasteiger partial charge in [0.25, 0.3) is 0 Å². The van der Waals surface area contributed by atoms with Gasteiger partial charge in [0, 0.05) is 25.2 Å². The van der Waals surface area contributed by atoms with Crippen LogP contribution in [0.5, 0.6) is 5.75 Å². The van der Waals surface area contributed by atoms with Crippen molar-refractivity contribution in [3.8, 4) is 5.75 Å². The van der Waals surface area contributed by atoms with E-state index in [0.29, 0.717) is 18.2 Å². The quantitative estimate of drug-likeness (QED) is 0.817. The summed E-state index contributed by atoms with van der Waals surface area (Å²) in [6.45, 7) is -0.405. The fourth-order valence-electron chi connectivity index (χ4n) is 2.36. The smallest absolute Gasteiger partial charge is 0.387 e. The first kappa shape index (κ1) is 14.8. The molecule has 20 heavy (non-hydrogen) atoms. The topological polar surface area (TPSA) is 50.5 Å². The van der Waals surface area contributed by atoms with E-state index in [9.17, 15) is 13.2 Å². The molecule has 0 bridgehead atoms. The molecule has 1 aromatic carbocycles. The van der Waals surface area contributed by atoms with Gasteiger partial charge in [-0.15, -0.1) is 0 Å². The Morgan fingerprint density at radius 3 is 2.85 bits per heavy atom. The lowest BCUT2D eigenvalue weighted by atomic mass is 10.1. The number of halogens is 3. The fraction of sp³-hybridized carbons (Fsp3) is 0.538. The van der Waals surface area contributed by atoms with Crippen molar-refractivity contribution in [1.82, 2.24) is 4.90 Å². The number of anilines is 2. The van der Waals surface area contributed by atoms with Crippen LogP contribution in [0.2, 0.25) is 0 Å². The zero-order valence-electron chi connectivity index (χ0n) is 11.2. The van der Waals surface area contributed by atoms with Gasteiger partial charge in [-0.2, -0.15) is 8.78 Å². The SMILES string of the molecule is CN1CCC(CNc2cc(OC(F)F)c(F)cc2N)C1. The van der Waals surface area contributed by atoms with Crippen LogP contribution in [0.4, 0.5) is 24.5 Å². The second-order valence-corrected chi connectivity index (χ2v) is 5.05. The van der Waals surface area contributed by atoms with Gasteiger partial charge in [-0.25, -0.2) is 4.39 Å². The van der Waals surface area contributed by atoms with Crippen molar-refractivity contribution in [1.29, 1.82) is 0 Å². The lowest BCUT2D eigenvalue weighted by Crippen LogP contribution is -2.19. The van der Waals surface area contributed by atoms with Crippen LogP contribution in [0.3, 0.4) is 0 Å². The van der Waals surface area contributed by atoms with Gasteiger partial charge in [0.1, 0.15) is 0 Å². The highest BCUT2D eigenvalue weighted by atomic mass is 19.3. The standard InChI is InChI=1S/C13H18F3N3O/c1-19-3-2-8(7-19)6-18-11-5-12(20-13(15)16)9(14)4-10(11)17/h4-5,8,13,18H,2-3,6-7,17H2,1H3. The van der Waals surface area contributed by atoms with E-state index < -0.39 is 18.2 Å². The van der Waals surface area contributed by atoms with Crippen LogP contribution in [0, 0.1) is 11.7 Å². The number of nitrogen functional groups attached to an aromatic ring is 1. The van der Waals surface area contributed by atoms with Gasteiger partial charge in [0.05, 0.1) is 11.4 Å². The molecule has 0 aliphatic carbocycles. The van der Waals surface area contributed by atoms with Crippen LogP contribution in [-0.2, 0) is 0 Å². The van der Waals surface area contributed by atoms with E-state index in [2.05, 4.69) is 15.0 Å². The minimum Gasteiger partial charge on any atom is -0.432 e. The maximum atomic E-state index is 13.4. The molecule has 4 nitrogen and oxygen atoms in total. The van der Waals surface area contributed by atoms with Crippen LogP contribution in [0.15, 0.2) is 12.1 Å². The number of alkyl halides is 2. The van der Waals surface area contributed by atoms with Crippen LogP contribution in [0.1, 0.15) is 6.42 Å². The van der Waals surface area contributed by atoms with Crippen molar-refractivity contribution in [2.24, 2.45) is 5.92 Å². The molecule has 7 heteroatoms. The zero-order chi connectivity index (χ0) is 14.7. The molecule has 0 aromatic heterocycles. The Hall–Kier alpha value is -1.63. The lowest BCUT2D eigenvalue weighted by Gasteiger charge is -2.15. The molecule has 1 aliphatic heterocycles. The maximum absolute atomic E-state index is 13.4. The molecular formula is C13H18F3N3O. The highest BCUT2D eigenvalue weighted by Gasteiger charge is 2.20. The minimum atomic E-state index is -3.07. The van der Waals surface area contributed by atoms with E-state index in [0.717, 1.165) is 25.6 Å². The Labute approximate surface area is 115 Å². The van der Waals surface area contributed by atoms with Crippen molar-refractivity contribution < 1.29 is 17.9 Å². The summed E-state index contributed by atoms with van der Waals surface area (Å²) in [6, 6.07) is 2.16. The molecule has 112 valence electrons. The molecule has 1 aromatic rings. The third kappa shape index (κ3) is 3.69. The second-order valence-electron chi connectivity index (χ2n) is 5.05. The van der Waals surface area contributed by atoms with Crippen molar-refractivity contribution in [3.05, 3.63) is 17.9 Å². The zero-order valence-corrected chi connectivity index (χ0v) is 11.2. The number of nitrogens with zero attached hydrogens (tertiary/aromatic N) is 1. The predicted octanol–water partition coefficient (Wildman–Crippen LogP) is 2.37. The number of nitrogens with two attached hydrogens (primary N) is 1. The molecule has 1 aliphatic rings. The van der Waals surface area contributed by atoms with E-state index in [1.54, 1.807) is 0 Å². The average Bonchev–Trinajstić information content (AvgIpc) is 2.76. The summed E-state index contributed by atoms with van der Waals surface area (Å²) in [7, 11) is 2.04. The van der Waals surface area contributed by atoms with E-state index in [1.165, 1.54) is 6.07 Å². The van der Waals surface area contributed by atoms with Crippen molar-refractivity contribution in [2.75, 3.05) is 37.7 Å². The number of ether oxygens (including phenoxy) is 1. The molecule has 0 spiro atoms. The molecule has 1 heterocycles. The normalized spacial score (nSPS) is 19.6. The maximum Gasteiger partial charge on any atom is 0.387 e. The van der Waals surface area contributed by atoms with Gasteiger partial charge in [-0.3, -0.25) is 0 Å². The Morgan fingerprint density at radius 2 is 2.25 bits per heavy atom. The highest BCUT2D eigenvalue weighted by Crippen LogP contribution is 2.29. The number of rotatable bonds is 5. The molecule has 1 saturated heterocycles. The molecule has 0 saturated carbocycles. The van der Waals surface area contributed by atoms with Gasteiger partial charge in [-0.1, -0.05) is 0 Å². The van der Waals surface area contributed by atoms with Gasteiger partial charge in [0.2, 0.25) is 0 Å². The largest absolute Gasteiger partial charge is 0.432 e. The van der Waals surface area contributed by atoms with Crippen molar-refractivity contribution in [2.45, 2.75) is 13.0 Å². The van der Waals surface area contributed by atoms with Gasteiger partial charge >= 0.3 is 6.61 Å². The Balaban J connectivity index is 2.03. The summed E-state index contributed by atoms with van der Waals surface area (Å²) in [5.74, 6) is -0.932. The molecule has 1 fully saturated rings. The van der Waals surface area contributed by atoms with Gasteiger partial charge < -0.3 is 20.7 Å². The predicted molar refractivity (Wildman–Crippen MR) is 71.5 cm³/mol. The Bertz CT molecular complexity index is 470. The van der Waals surface area contributed by atoms with Crippen LogP contribution in [0.25, 0.3) is 0 Å². The first-order chi connectivity index (χ1) is 9.45. The molecular weight excluding hydrogens is 271 g/mol. The molecule has 2 rings (SSSR count). The highest BCUT2D eigenvalue weighted by molar-refractivity contribution is 5.68. The number of benzene rings is 1. The van der Waals surface area contributed by atoms with Crippen LogP contribution >= 0.6 is 0 Å². The molecule has 3 N–H and O–H groups in total. The minimum absolute atomic E-state index is 0.176. The average molecular weight is 289 g/mol. The van der Waals surface area contributed by atoms with Gasteiger partial charge in [-0.05, 0) is 25.9 Å². The van der Waals surface area contributed by atoms with E-state index in [4.69, 9.17) is 5.73 Å². The van der Waals surface area contributed by atoms with E-state index in [-0.39, 0.29) is 5.69 Å². The second kappa shape index (κ2) is 6.21. The summed E-state index contributed by atoms with van der Waals surface area (Å²) in [5.41, 5.74) is 6.27. The third-order valence-corrected chi connectivity index (χ3v) is 3.39. The van der Waals surface area contributed by atoms with Crippen molar-refractivity contribution in [3.63, 3.8) is 0 Å². The van der Waals surface area contributed by atoms with E-state index in [1.807, 2.05) is 7.05 Å². The lowest BCUT2D eigenvalue weighted by molar-refractivity contribution is -0.0521. The number of hydrogen-bond acceptors (Lipinski definition) is 4. The molecule has 1 atom stereocenters. The summed E-state index contributed by atoms with van der Waals surface area (Å²) in [6.07, 6.45) is 1.06. The Morgan fingerprint density at radius 1 is 1.50 bits per heavy atom. The van der Waals surface area contributed by atoms with Crippen LogP contribution in [-0.4, -0.2) is 38.2 Å². The third-order valence-electron chi connectivity index (χ3n) is 3.39. The van der Waals surface area contributed by atoms with Crippen LogP contribution < -0.4 is 15.8 Å². The number of likely N-dealkylation sites (tertiary alicyclic amines) is 1. The summed E-state index contributed by atoms with van der Waals surface area (Å²) in [5, 5.41) is 3.07. The van der Waals surface area contributed by atoms with E-state index >= 15 is 0 Å². The Kier molecular flexibility index (Phi) is 4.59. The first-order valence-electron chi connectivity index (χ1n) is 6.42. The number of nitrogens with one attached hydrogen (secondary N) is 1. The van der Waals surface area contributed by atoms with Gasteiger partial charge in [0.15, 0.2) is 11.6 Å². The monoisotopic (exact) mass is 289 g/mol. The summed E-state index contributed by atoms with van der Waals surface area (Å²) in [4.78, 5) is 2.21. The molecule has 0 amide bonds. The molecule has 0 radical (unpaired) electrons.